The number of nitrogens with zero attached hydrogens (tertiary/aromatic N) is 2. The highest BCUT2D eigenvalue weighted by Crippen LogP contribution is 2.19. The van der Waals surface area contributed by atoms with E-state index in [0.717, 1.165) is 18.7 Å². The van der Waals surface area contributed by atoms with Gasteiger partial charge in [-0.05, 0) is 39.5 Å². The van der Waals surface area contributed by atoms with Crippen LogP contribution in [0.4, 0.5) is 0 Å². The minimum absolute atomic E-state index is 0.0510. The molecule has 1 atom stereocenters. The highest BCUT2D eigenvalue weighted by Gasteiger charge is 2.14. The summed E-state index contributed by atoms with van der Waals surface area (Å²) in [5, 5.41) is 3.06. The quantitative estimate of drug-likeness (QED) is 0.829. The maximum absolute atomic E-state index is 11.9. The average molecular weight is 247 g/mol. The van der Waals surface area contributed by atoms with Crippen molar-refractivity contribution in [2.45, 2.75) is 52.1 Å². The molecule has 1 N–H and O–H groups in total. The minimum Gasteiger partial charge on any atom is -0.348 e. The van der Waals surface area contributed by atoms with Gasteiger partial charge in [0.25, 0.3) is 0 Å². The van der Waals surface area contributed by atoms with E-state index >= 15 is 0 Å². The molecule has 0 aromatic carbocycles. The number of carbonyl (C=O) groups is 1. The van der Waals surface area contributed by atoms with Gasteiger partial charge in [0.05, 0.1) is 0 Å². The number of amides is 1. The van der Waals surface area contributed by atoms with Crippen molar-refractivity contribution >= 4 is 5.91 Å². The third-order valence-corrected chi connectivity index (χ3v) is 3.50. The normalized spacial score (nSPS) is 17.1. The molecule has 0 bridgehead atoms. The summed E-state index contributed by atoms with van der Waals surface area (Å²) in [6.07, 6.45) is 10.6. The van der Waals surface area contributed by atoms with Crippen molar-refractivity contribution in [3.05, 3.63) is 29.9 Å². The van der Waals surface area contributed by atoms with E-state index in [-0.39, 0.29) is 11.9 Å². The monoisotopic (exact) mass is 247 g/mol. The lowest BCUT2D eigenvalue weighted by Gasteiger charge is -2.21. The molecule has 0 saturated heterocycles. The summed E-state index contributed by atoms with van der Waals surface area (Å²) in [6, 6.07) is 0.154. The first-order chi connectivity index (χ1) is 8.66. The largest absolute Gasteiger partial charge is 0.348 e. The van der Waals surface area contributed by atoms with E-state index in [0.29, 0.717) is 6.54 Å². The van der Waals surface area contributed by atoms with Crippen LogP contribution in [-0.4, -0.2) is 21.5 Å². The van der Waals surface area contributed by atoms with Gasteiger partial charge in [-0.25, -0.2) is 4.98 Å². The van der Waals surface area contributed by atoms with Crippen LogP contribution in [0.1, 0.15) is 38.4 Å². The van der Waals surface area contributed by atoms with Crippen molar-refractivity contribution in [2.75, 3.05) is 0 Å². The van der Waals surface area contributed by atoms with Gasteiger partial charge in [-0.15, -0.1) is 0 Å². The lowest BCUT2D eigenvalue weighted by atomic mass is 9.95. The molecule has 1 aromatic heterocycles. The molecule has 0 spiro atoms. The Labute approximate surface area is 108 Å². The Morgan fingerprint density at radius 3 is 3.00 bits per heavy atom. The molecule has 4 nitrogen and oxygen atoms in total. The molecule has 0 fully saturated rings. The standard InChI is InChI=1S/C14H21N3O/c1-11(13-6-4-3-5-7-13)16-14(18)10-17-9-8-15-12(17)2/h6,8-9,11H,3-5,7,10H2,1-2H3,(H,16,18)/t11-/m1/s1. The molecule has 0 saturated carbocycles. The number of carbonyl (C=O) groups excluding carboxylic acids is 1. The molecule has 0 unspecified atom stereocenters. The highest BCUT2D eigenvalue weighted by atomic mass is 16.2. The molecule has 18 heavy (non-hydrogen) atoms. The summed E-state index contributed by atoms with van der Waals surface area (Å²) in [4.78, 5) is 16.0. The van der Waals surface area contributed by atoms with Crippen molar-refractivity contribution in [3.63, 3.8) is 0 Å². The number of aromatic nitrogens is 2. The predicted molar refractivity (Wildman–Crippen MR) is 71.1 cm³/mol. The van der Waals surface area contributed by atoms with Crippen LogP contribution in [0.15, 0.2) is 24.0 Å². The van der Waals surface area contributed by atoms with Gasteiger partial charge in [-0.2, -0.15) is 0 Å². The second kappa shape index (κ2) is 5.85. The maximum Gasteiger partial charge on any atom is 0.240 e. The first-order valence-corrected chi connectivity index (χ1v) is 6.63. The number of hydrogen-bond donors (Lipinski definition) is 1. The molecule has 2 rings (SSSR count). The Kier molecular flexibility index (Phi) is 4.18. The second-order valence-electron chi connectivity index (χ2n) is 4.92. The van der Waals surface area contributed by atoms with Crippen LogP contribution in [0.3, 0.4) is 0 Å². The first-order valence-electron chi connectivity index (χ1n) is 6.63. The van der Waals surface area contributed by atoms with E-state index in [1.807, 2.05) is 17.7 Å². The number of hydrogen-bond acceptors (Lipinski definition) is 2. The van der Waals surface area contributed by atoms with E-state index in [1.165, 1.54) is 18.4 Å². The summed E-state index contributed by atoms with van der Waals surface area (Å²) in [5.41, 5.74) is 1.37. The Morgan fingerprint density at radius 1 is 1.56 bits per heavy atom. The Bertz CT molecular complexity index is 448. The Morgan fingerprint density at radius 2 is 2.39 bits per heavy atom. The SMILES string of the molecule is Cc1nccn1CC(=O)N[C@H](C)C1=CCCCC1. The fraction of sp³-hybridized carbons (Fsp3) is 0.571. The first kappa shape index (κ1) is 12.9. The smallest absolute Gasteiger partial charge is 0.240 e. The molecular formula is C14H21N3O. The molecule has 1 aromatic rings. The Balaban J connectivity index is 1.87. The summed E-state index contributed by atoms with van der Waals surface area (Å²) in [6.45, 7) is 4.32. The van der Waals surface area contributed by atoms with E-state index in [2.05, 4.69) is 23.3 Å². The van der Waals surface area contributed by atoms with E-state index < -0.39 is 0 Å². The summed E-state index contributed by atoms with van der Waals surface area (Å²) < 4.78 is 1.86. The molecule has 0 aliphatic heterocycles. The van der Waals surface area contributed by atoms with Gasteiger partial charge in [-0.1, -0.05) is 11.6 Å². The molecular weight excluding hydrogens is 226 g/mol. The molecule has 1 aliphatic rings. The second-order valence-corrected chi connectivity index (χ2v) is 4.92. The van der Waals surface area contributed by atoms with Crippen LogP contribution < -0.4 is 5.32 Å². The van der Waals surface area contributed by atoms with E-state index in [4.69, 9.17) is 0 Å². The molecule has 1 amide bonds. The number of nitrogens with one attached hydrogen (secondary N) is 1. The number of imidazole rings is 1. The van der Waals surface area contributed by atoms with Gasteiger partial charge in [0, 0.05) is 18.4 Å². The molecule has 1 aliphatic carbocycles. The van der Waals surface area contributed by atoms with Gasteiger partial charge < -0.3 is 9.88 Å². The van der Waals surface area contributed by atoms with Crippen LogP contribution in [0.2, 0.25) is 0 Å². The van der Waals surface area contributed by atoms with Crippen LogP contribution in [0.5, 0.6) is 0 Å². The molecule has 4 heteroatoms. The average Bonchev–Trinajstić information content (AvgIpc) is 2.76. The van der Waals surface area contributed by atoms with Gasteiger partial charge in [0.2, 0.25) is 5.91 Å². The fourth-order valence-corrected chi connectivity index (χ4v) is 2.36. The number of rotatable bonds is 4. The molecule has 98 valence electrons. The van der Waals surface area contributed by atoms with E-state index in [1.54, 1.807) is 6.20 Å². The van der Waals surface area contributed by atoms with E-state index in [9.17, 15) is 4.79 Å². The maximum atomic E-state index is 11.9. The summed E-state index contributed by atoms with van der Waals surface area (Å²) >= 11 is 0. The summed E-state index contributed by atoms with van der Waals surface area (Å²) in [7, 11) is 0. The third kappa shape index (κ3) is 3.22. The van der Waals surface area contributed by atoms with Gasteiger partial charge in [0.15, 0.2) is 0 Å². The topological polar surface area (TPSA) is 46.9 Å². The zero-order chi connectivity index (χ0) is 13.0. The molecule has 1 heterocycles. The zero-order valence-electron chi connectivity index (χ0n) is 11.1. The van der Waals surface area contributed by atoms with Gasteiger partial charge in [0.1, 0.15) is 12.4 Å². The van der Waals surface area contributed by atoms with Crippen molar-refractivity contribution < 1.29 is 4.79 Å². The van der Waals surface area contributed by atoms with Crippen molar-refractivity contribution in [1.82, 2.24) is 14.9 Å². The lowest BCUT2D eigenvalue weighted by molar-refractivity contribution is -0.122. The molecule has 0 radical (unpaired) electrons. The number of allylic oxidation sites excluding steroid dienone is 1. The minimum atomic E-state index is 0.0510. The van der Waals surface area contributed by atoms with Crippen LogP contribution in [0, 0.1) is 6.92 Å². The third-order valence-electron chi connectivity index (χ3n) is 3.50. The van der Waals surface area contributed by atoms with Crippen LogP contribution >= 0.6 is 0 Å². The van der Waals surface area contributed by atoms with Gasteiger partial charge in [-0.3, -0.25) is 4.79 Å². The van der Waals surface area contributed by atoms with Crippen molar-refractivity contribution in [3.8, 4) is 0 Å². The van der Waals surface area contributed by atoms with Crippen molar-refractivity contribution in [1.29, 1.82) is 0 Å². The van der Waals surface area contributed by atoms with Crippen LogP contribution in [-0.2, 0) is 11.3 Å². The number of aryl methyl sites for hydroxylation is 1. The Hall–Kier alpha value is -1.58. The fourth-order valence-electron chi connectivity index (χ4n) is 2.36. The zero-order valence-corrected chi connectivity index (χ0v) is 11.1. The highest BCUT2D eigenvalue weighted by molar-refractivity contribution is 5.76. The van der Waals surface area contributed by atoms with Gasteiger partial charge >= 0.3 is 0 Å². The predicted octanol–water partition coefficient (Wildman–Crippen LogP) is 2.20. The summed E-state index contributed by atoms with van der Waals surface area (Å²) in [5.74, 6) is 0.921. The van der Waals surface area contributed by atoms with Crippen LogP contribution in [0.25, 0.3) is 0 Å². The van der Waals surface area contributed by atoms with Crippen molar-refractivity contribution in [2.24, 2.45) is 0 Å². The lowest BCUT2D eigenvalue weighted by Crippen LogP contribution is -2.36.